The maximum Gasteiger partial charge on any atom is 0.164 e. The molecular weight excluding hydrogens is 723 g/mol. The third kappa shape index (κ3) is 5.73. The van der Waals surface area contributed by atoms with Gasteiger partial charge in [0.2, 0.25) is 0 Å². The molecule has 56 heavy (non-hydrogen) atoms. The Morgan fingerprint density at radius 2 is 0.839 bits per heavy atom. The standard InChI is InChI=1S/C49H29N5S2/c1-4-13-30(14-5-1)33-19-12-20-35(27-33)48-50-43(45-44(51-48)38-21-10-11-22-40(38)56-45)34-24-26-41-39(28-34)37-25-23-36(29-42(37)55-41)49-53-46(31-15-6-2-7-16-31)52-47(54-49)32-17-8-3-9-18-32/h1-29H. The highest BCUT2D eigenvalue weighted by Gasteiger charge is 2.19. The predicted octanol–water partition coefficient (Wildman–Crippen LogP) is 13.4. The van der Waals surface area contributed by atoms with E-state index in [0.29, 0.717) is 17.5 Å². The van der Waals surface area contributed by atoms with Gasteiger partial charge in [-0.1, -0.05) is 146 Å². The molecule has 0 aliphatic heterocycles. The van der Waals surface area contributed by atoms with Crippen LogP contribution in [-0.4, -0.2) is 24.9 Å². The zero-order chi connectivity index (χ0) is 37.0. The van der Waals surface area contributed by atoms with Crippen LogP contribution < -0.4 is 0 Å². The quantitative estimate of drug-likeness (QED) is 0.169. The summed E-state index contributed by atoms with van der Waals surface area (Å²) in [4.78, 5) is 25.4. The molecule has 11 aromatic rings. The fraction of sp³-hybridized carbons (Fsp3) is 0. The normalized spacial score (nSPS) is 11.6. The van der Waals surface area contributed by atoms with Crippen LogP contribution in [0.4, 0.5) is 0 Å². The Hall–Kier alpha value is -6.93. The number of fused-ring (bicyclic) bond motifs is 6. The second-order valence-electron chi connectivity index (χ2n) is 13.7. The van der Waals surface area contributed by atoms with E-state index in [4.69, 9.17) is 24.9 Å². The molecule has 7 heteroatoms. The van der Waals surface area contributed by atoms with Crippen molar-refractivity contribution in [2.45, 2.75) is 0 Å². The van der Waals surface area contributed by atoms with E-state index in [1.54, 1.807) is 22.7 Å². The Morgan fingerprint density at radius 3 is 1.57 bits per heavy atom. The molecule has 0 atom stereocenters. The molecule has 0 amide bonds. The molecule has 0 saturated heterocycles. The molecule has 0 aliphatic rings. The van der Waals surface area contributed by atoms with Gasteiger partial charge in [-0.15, -0.1) is 22.7 Å². The number of nitrogens with zero attached hydrogens (tertiary/aromatic N) is 5. The average molecular weight is 752 g/mol. The molecule has 0 unspecified atom stereocenters. The van der Waals surface area contributed by atoms with Crippen LogP contribution in [0.1, 0.15) is 0 Å². The van der Waals surface area contributed by atoms with Gasteiger partial charge in [0.1, 0.15) is 0 Å². The first-order chi connectivity index (χ1) is 27.7. The number of hydrogen-bond donors (Lipinski definition) is 0. The Balaban J connectivity index is 1.05. The second-order valence-corrected chi connectivity index (χ2v) is 15.8. The first-order valence-corrected chi connectivity index (χ1v) is 20.0. The summed E-state index contributed by atoms with van der Waals surface area (Å²) in [6.07, 6.45) is 0. The Morgan fingerprint density at radius 1 is 0.286 bits per heavy atom. The van der Waals surface area contributed by atoms with Crippen molar-refractivity contribution in [1.82, 2.24) is 24.9 Å². The van der Waals surface area contributed by atoms with E-state index in [1.807, 2.05) is 66.7 Å². The van der Waals surface area contributed by atoms with Crippen LogP contribution in [-0.2, 0) is 0 Å². The zero-order valence-electron chi connectivity index (χ0n) is 29.8. The zero-order valence-corrected chi connectivity index (χ0v) is 31.4. The van der Waals surface area contributed by atoms with Crippen LogP contribution in [0.3, 0.4) is 0 Å². The molecule has 0 N–H and O–H groups in total. The summed E-state index contributed by atoms with van der Waals surface area (Å²) in [5.41, 5.74) is 9.14. The monoisotopic (exact) mass is 751 g/mol. The van der Waals surface area contributed by atoms with E-state index in [2.05, 4.69) is 109 Å². The maximum atomic E-state index is 5.34. The smallest absolute Gasteiger partial charge is 0.164 e. The van der Waals surface area contributed by atoms with Gasteiger partial charge < -0.3 is 0 Å². The average Bonchev–Trinajstić information content (AvgIpc) is 3.84. The first-order valence-electron chi connectivity index (χ1n) is 18.4. The number of benzene rings is 7. The van der Waals surface area contributed by atoms with Gasteiger partial charge in [0, 0.05) is 58.1 Å². The minimum Gasteiger partial charge on any atom is -0.226 e. The van der Waals surface area contributed by atoms with Crippen molar-refractivity contribution >= 4 is 63.1 Å². The fourth-order valence-corrected chi connectivity index (χ4v) is 9.66. The highest BCUT2D eigenvalue weighted by molar-refractivity contribution is 7.26. The Kier molecular flexibility index (Phi) is 7.79. The maximum absolute atomic E-state index is 5.34. The summed E-state index contributed by atoms with van der Waals surface area (Å²) in [6.45, 7) is 0. The van der Waals surface area contributed by atoms with Gasteiger partial charge in [0.15, 0.2) is 23.3 Å². The Labute approximate surface area is 330 Å². The molecule has 0 radical (unpaired) electrons. The summed E-state index contributed by atoms with van der Waals surface area (Å²) in [5.74, 6) is 2.67. The molecule has 0 saturated carbocycles. The van der Waals surface area contributed by atoms with Gasteiger partial charge in [-0.05, 0) is 41.5 Å². The lowest BCUT2D eigenvalue weighted by molar-refractivity contribution is 1.07. The van der Waals surface area contributed by atoms with E-state index in [1.165, 1.54) is 30.4 Å². The van der Waals surface area contributed by atoms with Crippen LogP contribution in [0.15, 0.2) is 176 Å². The fourth-order valence-electron chi connectivity index (χ4n) is 7.39. The molecule has 11 rings (SSSR count). The lowest BCUT2D eigenvalue weighted by Gasteiger charge is -2.09. The lowest BCUT2D eigenvalue weighted by Crippen LogP contribution is -1.99. The second kappa shape index (κ2) is 13.4. The number of rotatable bonds is 6. The summed E-state index contributed by atoms with van der Waals surface area (Å²) >= 11 is 3.54. The van der Waals surface area contributed by atoms with E-state index in [0.717, 1.165) is 60.5 Å². The number of thiophene rings is 2. The molecule has 0 aliphatic carbocycles. The summed E-state index contributed by atoms with van der Waals surface area (Å²) in [7, 11) is 0. The minimum atomic E-state index is 0.648. The van der Waals surface area contributed by atoms with Crippen molar-refractivity contribution in [3.8, 4) is 67.9 Å². The number of hydrogen-bond acceptors (Lipinski definition) is 7. The Bertz CT molecular complexity index is 3190. The van der Waals surface area contributed by atoms with Crippen LogP contribution >= 0.6 is 22.7 Å². The van der Waals surface area contributed by atoms with E-state index < -0.39 is 0 Å². The van der Waals surface area contributed by atoms with E-state index >= 15 is 0 Å². The van der Waals surface area contributed by atoms with Crippen LogP contribution in [0.5, 0.6) is 0 Å². The summed E-state index contributed by atoms with van der Waals surface area (Å²) in [5, 5.41) is 3.53. The molecule has 262 valence electrons. The number of aromatic nitrogens is 5. The first kappa shape index (κ1) is 32.5. The molecule has 0 fully saturated rings. The molecular formula is C49H29N5S2. The lowest BCUT2D eigenvalue weighted by atomic mass is 10.0. The molecule has 5 nitrogen and oxygen atoms in total. The van der Waals surface area contributed by atoms with Gasteiger partial charge >= 0.3 is 0 Å². The van der Waals surface area contributed by atoms with Crippen molar-refractivity contribution in [2.75, 3.05) is 0 Å². The van der Waals surface area contributed by atoms with Crippen LogP contribution in [0.2, 0.25) is 0 Å². The summed E-state index contributed by atoms with van der Waals surface area (Å²) in [6, 6.07) is 61.0. The van der Waals surface area contributed by atoms with Crippen molar-refractivity contribution in [2.24, 2.45) is 0 Å². The van der Waals surface area contributed by atoms with Crippen molar-refractivity contribution in [1.29, 1.82) is 0 Å². The van der Waals surface area contributed by atoms with E-state index in [9.17, 15) is 0 Å². The van der Waals surface area contributed by atoms with E-state index in [-0.39, 0.29) is 0 Å². The molecule has 0 spiro atoms. The largest absolute Gasteiger partial charge is 0.226 e. The van der Waals surface area contributed by atoms with Crippen LogP contribution in [0.25, 0.3) is 108 Å². The predicted molar refractivity (Wildman–Crippen MR) is 234 cm³/mol. The molecule has 0 bridgehead atoms. The van der Waals surface area contributed by atoms with Gasteiger partial charge in [-0.3, -0.25) is 0 Å². The third-order valence-corrected chi connectivity index (χ3v) is 12.5. The topological polar surface area (TPSA) is 64.5 Å². The van der Waals surface area contributed by atoms with Crippen molar-refractivity contribution in [3.05, 3.63) is 176 Å². The highest BCUT2D eigenvalue weighted by atomic mass is 32.1. The van der Waals surface area contributed by atoms with Crippen molar-refractivity contribution < 1.29 is 0 Å². The third-order valence-electron chi connectivity index (χ3n) is 10.1. The van der Waals surface area contributed by atoms with Gasteiger partial charge in [-0.25, -0.2) is 24.9 Å². The van der Waals surface area contributed by atoms with Gasteiger partial charge in [0.05, 0.1) is 15.9 Å². The highest BCUT2D eigenvalue weighted by Crippen LogP contribution is 2.43. The van der Waals surface area contributed by atoms with Crippen LogP contribution in [0, 0.1) is 0 Å². The molecule has 4 heterocycles. The molecule has 7 aromatic carbocycles. The SMILES string of the molecule is c1ccc(-c2cccc(-c3nc(-c4ccc5sc6cc(-c7nc(-c8ccccc8)nc(-c8ccccc8)n7)ccc6c5c4)c4sc5ccccc5c4n3)c2)cc1. The minimum absolute atomic E-state index is 0.648. The molecule has 4 aromatic heterocycles. The van der Waals surface area contributed by atoms with Gasteiger partial charge in [0.25, 0.3) is 0 Å². The summed E-state index contributed by atoms with van der Waals surface area (Å²) < 4.78 is 4.68. The van der Waals surface area contributed by atoms with Gasteiger partial charge in [-0.2, -0.15) is 0 Å². The van der Waals surface area contributed by atoms with Crippen molar-refractivity contribution in [3.63, 3.8) is 0 Å².